The molecule has 0 radical (unpaired) electrons. The fourth-order valence-corrected chi connectivity index (χ4v) is 3.65. The first-order valence-electron chi connectivity index (χ1n) is 7.40. The molecule has 0 saturated carbocycles. The van der Waals surface area contributed by atoms with Gasteiger partial charge in [0.25, 0.3) is 0 Å². The Morgan fingerprint density at radius 3 is 3.09 bits per heavy atom. The average molecular weight is 317 g/mol. The first-order chi connectivity index (χ1) is 10.6. The molecular weight excluding hydrogens is 298 g/mol. The molecule has 1 atom stereocenters. The van der Waals surface area contributed by atoms with Crippen molar-refractivity contribution in [2.24, 2.45) is 0 Å². The molecule has 1 saturated heterocycles. The number of rotatable bonds is 5. The second-order valence-electron chi connectivity index (χ2n) is 5.38. The molecule has 3 rings (SSSR count). The summed E-state index contributed by atoms with van der Waals surface area (Å²) < 4.78 is 1.03. The number of hydrogen-bond donors (Lipinski definition) is 1. The van der Waals surface area contributed by atoms with Crippen LogP contribution < -0.4 is 4.90 Å². The van der Waals surface area contributed by atoms with Crippen molar-refractivity contribution in [3.63, 3.8) is 0 Å². The highest BCUT2D eigenvalue weighted by atomic mass is 32.1. The molecule has 1 aromatic carbocycles. The standard InChI is InChI=1S/C16H19N3O2S/c1-3-5-11-6-7-13-12(9-11)17-15(22-13)19-14(20)10-18(8-4-2)16(19)21/h4,6-7,9,14,20H,2-3,5,8,10H2,1H3. The third-order valence-corrected chi connectivity index (χ3v) is 4.73. The van der Waals surface area contributed by atoms with Crippen molar-refractivity contribution in [3.8, 4) is 0 Å². The van der Waals surface area contributed by atoms with Gasteiger partial charge in [-0.05, 0) is 24.1 Å². The van der Waals surface area contributed by atoms with Gasteiger partial charge in [-0.1, -0.05) is 36.8 Å². The molecule has 6 heteroatoms. The number of aliphatic hydroxyl groups excluding tert-OH is 1. The van der Waals surface area contributed by atoms with E-state index in [0.29, 0.717) is 11.7 Å². The van der Waals surface area contributed by atoms with Crippen LogP contribution in [0.25, 0.3) is 10.2 Å². The number of β-amino-alcohol motifs (C(OH)–C–C–N with tert-alkyl or cyclic N) is 1. The van der Waals surface area contributed by atoms with Crippen LogP contribution in [0.1, 0.15) is 18.9 Å². The summed E-state index contributed by atoms with van der Waals surface area (Å²) in [4.78, 5) is 19.8. The Kier molecular flexibility index (Phi) is 4.13. The number of aryl methyl sites for hydroxylation is 1. The number of carbonyl (C=O) groups excluding carboxylic acids is 1. The Bertz CT molecular complexity index is 712. The number of aliphatic hydroxyl groups is 1. The van der Waals surface area contributed by atoms with Gasteiger partial charge in [-0.3, -0.25) is 0 Å². The van der Waals surface area contributed by atoms with Crippen LogP contribution in [0, 0.1) is 0 Å². The SMILES string of the molecule is C=CCN1CC(O)N(c2nc3cc(CCC)ccc3s2)C1=O. The van der Waals surface area contributed by atoms with Gasteiger partial charge in [0, 0.05) is 6.54 Å². The topological polar surface area (TPSA) is 56.7 Å². The zero-order valence-corrected chi connectivity index (χ0v) is 13.3. The van der Waals surface area contributed by atoms with Crippen LogP contribution in [0.3, 0.4) is 0 Å². The van der Waals surface area contributed by atoms with Crippen LogP contribution in [-0.4, -0.2) is 40.3 Å². The van der Waals surface area contributed by atoms with Gasteiger partial charge >= 0.3 is 6.03 Å². The third kappa shape index (κ3) is 2.60. The summed E-state index contributed by atoms with van der Waals surface area (Å²) in [5.41, 5.74) is 2.13. The van der Waals surface area contributed by atoms with Gasteiger partial charge in [-0.2, -0.15) is 0 Å². The van der Waals surface area contributed by atoms with Crippen LogP contribution in [-0.2, 0) is 6.42 Å². The molecule has 116 valence electrons. The van der Waals surface area contributed by atoms with E-state index in [9.17, 15) is 9.90 Å². The van der Waals surface area contributed by atoms with E-state index in [2.05, 4.69) is 30.6 Å². The molecule has 2 heterocycles. The van der Waals surface area contributed by atoms with Crippen LogP contribution in [0.4, 0.5) is 9.93 Å². The number of hydrogen-bond acceptors (Lipinski definition) is 4. The number of urea groups is 1. The van der Waals surface area contributed by atoms with Crippen molar-refractivity contribution >= 4 is 32.7 Å². The van der Waals surface area contributed by atoms with Gasteiger partial charge in [-0.25, -0.2) is 14.7 Å². The normalized spacial score (nSPS) is 18.5. The first kappa shape index (κ1) is 15.0. The van der Waals surface area contributed by atoms with Crippen molar-refractivity contribution in [1.82, 2.24) is 9.88 Å². The monoisotopic (exact) mass is 317 g/mol. The van der Waals surface area contributed by atoms with Crippen LogP contribution >= 0.6 is 11.3 Å². The van der Waals surface area contributed by atoms with E-state index in [-0.39, 0.29) is 12.6 Å². The number of carbonyl (C=O) groups is 1. The molecule has 0 bridgehead atoms. The van der Waals surface area contributed by atoms with Crippen molar-refractivity contribution < 1.29 is 9.90 Å². The molecule has 5 nitrogen and oxygen atoms in total. The van der Waals surface area contributed by atoms with E-state index in [4.69, 9.17) is 0 Å². The first-order valence-corrected chi connectivity index (χ1v) is 8.22. The molecule has 1 N–H and O–H groups in total. The summed E-state index contributed by atoms with van der Waals surface area (Å²) in [6, 6.07) is 5.98. The fraction of sp³-hybridized carbons (Fsp3) is 0.375. The number of aromatic nitrogens is 1. The van der Waals surface area contributed by atoms with Crippen molar-refractivity contribution in [1.29, 1.82) is 0 Å². The lowest BCUT2D eigenvalue weighted by molar-refractivity contribution is 0.180. The van der Waals surface area contributed by atoms with Gasteiger partial charge in [0.2, 0.25) is 0 Å². The molecule has 1 aromatic heterocycles. The summed E-state index contributed by atoms with van der Waals surface area (Å²) >= 11 is 1.43. The Balaban J connectivity index is 1.92. The molecule has 1 aliphatic rings. The number of nitrogens with zero attached hydrogens (tertiary/aromatic N) is 3. The van der Waals surface area contributed by atoms with Crippen LogP contribution in [0.15, 0.2) is 30.9 Å². The van der Waals surface area contributed by atoms with E-state index in [1.807, 2.05) is 6.07 Å². The maximum absolute atomic E-state index is 12.4. The lowest BCUT2D eigenvalue weighted by atomic mass is 10.1. The quantitative estimate of drug-likeness (QED) is 0.863. The molecule has 2 amide bonds. The minimum atomic E-state index is -0.858. The number of amides is 2. The largest absolute Gasteiger partial charge is 0.371 e. The van der Waals surface area contributed by atoms with E-state index >= 15 is 0 Å². The van der Waals surface area contributed by atoms with Crippen LogP contribution in [0.2, 0.25) is 0 Å². The zero-order chi connectivity index (χ0) is 15.7. The molecule has 2 aromatic rings. The van der Waals surface area contributed by atoms with E-state index in [1.165, 1.54) is 21.8 Å². The summed E-state index contributed by atoms with van der Waals surface area (Å²) in [6.07, 6.45) is 2.90. The predicted octanol–water partition coefficient (Wildman–Crippen LogP) is 3.00. The Morgan fingerprint density at radius 2 is 2.36 bits per heavy atom. The molecule has 1 unspecified atom stereocenters. The second-order valence-corrected chi connectivity index (χ2v) is 6.38. The molecule has 0 aliphatic carbocycles. The Labute approximate surface area is 133 Å². The van der Waals surface area contributed by atoms with Gasteiger partial charge < -0.3 is 10.0 Å². The predicted molar refractivity (Wildman–Crippen MR) is 89.3 cm³/mol. The molecule has 1 aliphatic heterocycles. The van der Waals surface area contributed by atoms with Gasteiger partial charge in [0.1, 0.15) is 0 Å². The van der Waals surface area contributed by atoms with Crippen molar-refractivity contribution in [2.45, 2.75) is 26.0 Å². The van der Waals surface area contributed by atoms with Gasteiger partial charge in [-0.15, -0.1) is 6.58 Å². The Morgan fingerprint density at radius 1 is 1.55 bits per heavy atom. The van der Waals surface area contributed by atoms with Crippen molar-refractivity contribution in [2.75, 3.05) is 18.0 Å². The van der Waals surface area contributed by atoms with Gasteiger partial charge in [0.15, 0.2) is 11.4 Å². The lowest BCUT2D eigenvalue weighted by Crippen LogP contribution is -2.34. The number of fused-ring (bicyclic) bond motifs is 1. The molecule has 1 fully saturated rings. The second kappa shape index (κ2) is 6.06. The van der Waals surface area contributed by atoms with E-state index < -0.39 is 6.23 Å². The highest BCUT2D eigenvalue weighted by molar-refractivity contribution is 7.22. The summed E-state index contributed by atoms with van der Waals surface area (Å²) in [5, 5.41) is 10.7. The van der Waals surface area contributed by atoms with Crippen molar-refractivity contribution in [3.05, 3.63) is 36.4 Å². The number of thiazole rings is 1. The summed E-state index contributed by atoms with van der Waals surface area (Å²) in [7, 11) is 0. The fourth-order valence-electron chi connectivity index (χ4n) is 2.66. The molecular formula is C16H19N3O2S. The minimum absolute atomic E-state index is 0.222. The third-order valence-electron chi connectivity index (χ3n) is 3.69. The number of anilines is 1. The molecule has 0 spiro atoms. The minimum Gasteiger partial charge on any atom is -0.371 e. The number of benzene rings is 1. The summed E-state index contributed by atoms with van der Waals surface area (Å²) in [5.74, 6) is 0. The van der Waals surface area contributed by atoms with E-state index in [0.717, 1.165) is 23.1 Å². The highest BCUT2D eigenvalue weighted by Gasteiger charge is 2.38. The van der Waals surface area contributed by atoms with Gasteiger partial charge in [0.05, 0.1) is 16.8 Å². The van der Waals surface area contributed by atoms with Crippen LogP contribution in [0.5, 0.6) is 0 Å². The zero-order valence-electron chi connectivity index (χ0n) is 12.5. The maximum atomic E-state index is 12.4. The van der Waals surface area contributed by atoms with E-state index in [1.54, 1.807) is 11.0 Å². The maximum Gasteiger partial charge on any atom is 0.328 e. The molecule has 22 heavy (non-hydrogen) atoms. The summed E-state index contributed by atoms with van der Waals surface area (Å²) in [6.45, 7) is 6.49. The lowest BCUT2D eigenvalue weighted by Gasteiger charge is -2.15. The Hall–Kier alpha value is -1.92. The highest BCUT2D eigenvalue weighted by Crippen LogP contribution is 2.33. The smallest absolute Gasteiger partial charge is 0.328 e. The average Bonchev–Trinajstić information content (AvgIpc) is 3.00.